The second-order valence-electron chi connectivity index (χ2n) is 4.26. The molecule has 0 fully saturated rings. The van der Waals surface area contributed by atoms with Crippen LogP contribution in [0.3, 0.4) is 0 Å². The van der Waals surface area contributed by atoms with Gasteiger partial charge in [0.2, 0.25) is 0 Å². The standard InChI is InChI=1S/C14H17NO5/c1-15-11(14(18)19)7-9-3-5-10(6-4-9)12(16)8-13(17)20-2/h3-6,11,15H,7-8H2,1-2H3,(H,18,19). The second kappa shape index (κ2) is 7.40. The lowest BCUT2D eigenvalue weighted by atomic mass is 10.0. The van der Waals surface area contributed by atoms with Crippen molar-refractivity contribution in [2.75, 3.05) is 14.2 Å². The van der Waals surface area contributed by atoms with Crippen LogP contribution >= 0.6 is 0 Å². The quantitative estimate of drug-likeness (QED) is 0.432. The van der Waals surface area contributed by atoms with Crippen LogP contribution in [0.15, 0.2) is 24.3 Å². The molecule has 1 rings (SSSR count). The van der Waals surface area contributed by atoms with Gasteiger partial charge < -0.3 is 15.2 Å². The van der Waals surface area contributed by atoms with E-state index in [1.54, 1.807) is 31.3 Å². The Morgan fingerprint density at radius 2 is 1.85 bits per heavy atom. The molecule has 0 heterocycles. The number of methoxy groups -OCH3 is 1. The molecule has 1 aromatic carbocycles. The number of esters is 1. The number of carboxylic acid groups (broad SMARTS) is 1. The van der Waals surface area contributed by atoms with E-state index in [9.17, 15) is 14.4 Å². The van der Waals surface area contributed by atoms with E-state index in [2.05, 4.69) is 10.1 Å². The lowest BCUT2D eigenvalue weighted by molar-refractivity contribution is -0.140. The fourth-order valence-corrected chi connectivity index (χ4v) is 1.68. The minimum absolute atomic E-state index is 0.301. The Bertz CT molecular complexity index is 495. The summed E-state index contributed by atoms with van der Waals surface area (Å²) in [7, 11) is 2.80. The Morgan fingerprint density at radius 1 is 1.25 bits per heavy atom. The van der Waals surface area contributed by atoms with Crippen LogP contribution in [0.25, 0.3) is 0 Å². The maximum absolute atomic E-state index is 11.7. The SMILES string of the molecule is CNC(Cc1ccc(C(=O)CC(=O)OC)cc1)C(=O)O. The Morgan fingerprint density at radius 3 is 2.30 bits per heavy atom. The Hall–Kier alpha value is -2.21. The van der Waals surface area contributed by atoms with Gasteiger partial charge in [0, 0.05) is 5.56 Å². The lowest BCUT2D eigenvalue weighted by Crippen LogP contribution is -2.35. The van der Waals surface area contributed by atoms with E-state index in [4.69, 9.17) is 5.11 Å². The first-order valence-electron chi connectivity index (χ1n) is 6.07. The number of ketones is 1. The van der Waals surface area contributed by atoms with Gasteiger partial charge in [-0.3, -0.25) is 14.4 Å². The van der Waals surface area contributed by atoms with Gasteiger partial charge in [-0.25, -0.2) is 0 Å². The number of carbonyl (C=O) groups excluding carboxylic acids is 2. The van der Waals surface area contributed by atoms with Gasteiger partial charge in [-0.1, -0.05) is 24.3 Å². The molecule has 6 nitrogen and oxygen atoms in total. The van der Waals surface area contributed by atoms with Gasteiger partial charge in [0.1, 0.15) is 12.5 Å². The van der Waals surface area contributed by atoms with Crippen LogP contribution in [0.4, 0.5) is 0 Å². The fraction of sp³-hybridized carbons (Fsp3) is 0.357. The molecule has 0 radical (unpaired) electrons. The molecule has 108 valence electrons. The summed E-state index contributed by atoms with van der Waals surface area (Å²) in [5, 5.41) is 11.6. The van der Waals surface area contributed by atoms with Crippen LogP contribution in [0.5, 0.6) is 0 Å². The van der Waals surface area contributed by atoms with E-state index >= 15 is 0 Å². The topological polar surface area (TPSA) is 92.7 Å². The van der Waals surface area contributed by atoms with Gasteiger partial charge in [-0.15, -0.1) is 0 Å². The van der Waals surface area contributed by atoms with Crippen LogP contribution in [0, 0.1) is 0 Å². The van der Waals surface area contributed by atoms with Crippen molar-refractivity contribution in [3.8, 4) is 0 Å². The van der Waals surface area contributed by atoms with Gasteiger partial charge >= 0.3 is 11.9 Å². The largest absolute Gasteiger partial charge is 0.480 e. The van der Waals surface area contributed by atoms with Crippen LogP contribution in [-0.4, -0.2) is 43.0 Å². The molecule has 1 atom stereocenters. The highest BCUT2D eigenvalue weighted by atomic mass is 16.5. The molecule has 0 saturated carbocycles. The van der Waals surface area contributed by atoms with Crippen LogP contribution in [-0.2, 0) is 20.7 Å². The van der Waals surface area contributed by atoms with Crippen LogP contribution < -0.4 is 5.32 Å². The van der Waals surface area contributed by atoms with E-state index in [-0.39, 0.29) is 12.2 Å². The summed E-state index contributed by atoms with van der Waals surface area (Å²) in [4.78, 5) is 33.6. The van der Waals surface area contributed by atoms with Crippen molar-refractivity contribution in [2.24, 2.45) is 0 Å². The predicted octanol–water partition coefficient (Wildman–Crippen LogP) is 0.647. The molecule has 0 bridgehead atoms. The molecule has 1 unspecified atom stereocenters. The molecule has 0 spiro atoms. The van der Waals surface area contributed by atoms with Crippen molar-refractivity contribution in [3.63, 3.8) is 0 Å². The van der Waals surface area contributed by atoms with Gasteiger partial charge in [0.25, 0.3) is 0 Å². The molecular formula is C14H17NO5. The molecule has 2 N–H and O–H groups in total. The van der Waals surface area contributed by atoms with Gasteiger partial charge in [0.05, 0.1) is 7.11 Å². The van der Waals surface area contributed by atoms with Gasteiger partial charge in [-0.05, 0) is 19.0 Å². The number of aliphatic carboxylic acids is 1. The molecule has 0 amide bonds. The number of rotatable bonds is 7. The molecule has 1 aromatic rings. The molecule has 6 heteroatoms. The van der Waals surface area contributed by atoms with E-state index < -0.39 is 18.0 Å². The van der Waals surface area contributed by atoms with E-state index in [1.807, 2.05) is 0 Å². The summed E-state index contributed by atoms with van der Waals surface area (Å²) in [5.41, 5.74) is 1.19. The zero-order chi connectivity index (χ0) is 15.1. The Kier molecular flexibility index (Phi) is 5.86. The number of likely N-dealkylation sites (N-methyl/N-ethyl adjacent to an activating group) is 1. The average Bonchev–Trinajstić information content (AvgIpc) is 2.44. The Balaban J connectivity index is 2.71. The maximum Gasteiger partial charge on any atom is 0.321 e. The predicted molar refractivity (Wildman–Crippen MR) is 71.6 cm³/mol. The van der Waals surface area contributed by atoms with Crippen molar-refractivity contribution in [1.82, 2.24) is 5.32 Å². The van der Waals surface area contributed by atoms with Crippen molar-refractivity contribution in [2.45, 2.75) is 18.9 Å². The van der Waals surface area contributed by atoms with Gasteiger partial charge in [0.15, 0.2) is 5.78 Å². The third kappa shape index (κ3) is 4.47. The normalized spacial score (nSPS) is 11.7. The number of benzene rings is 1. The molecule has 0 aliphatic heterocycles. The number of hydrogen-bond donors (Lipinski definition) is 2. The smallest absolute Gasteiger partial charge is 0.321 e. The minimum atomic E-state index is -0.932. The summed E-state index contributed by atoms with van der Waals surface area (Å²) in [6.07, 6.45) is 0.0153. The third-order valence-electron chi connectivity index (χ3n) is 2.89. The van der Waals surface area contributed by atoms with E-state index in [0.29, 0.717) is 12.0 Å². The zero-order valence-corrected chi connectivity index (χ0v) is 11.4. The first-order valence-corrected chi connectivity index (χ1v) is 6.07. The summed E-state index contributed by atoms with van der Waals surface area (Å²) >= 11 is 0. The first kappa shape index (κ1) is 15.8. The van der Waals surface area contributed by atoms with Crippen molar-refractivity contribution in [1.29, 1.82) is 0 Å². The first-order chi connectivity index (χ1) is 9.47. The van der Waals surface area contributed by atoms with E-state index in [0.717, 1.165) is 5.56 Å². The summed E-state index contributed by atoms with van der Waals surface area (Å²) in [6, 6.07) is 5.84. The van der Waals surface area contributed by atoms with Crippen molar-refractivity contribution in [3.05, 3.63) is 35.4 Å². The molecule has 0 aromatic heterocycles. The highest BCUT2D eigenvalue weighted by molar-refractivity contribution is 6.05. The average molecular weight is 279 g/mol. The molecule has 20 heavy (non-hydrogen) atoms. The number of carbonyl (C=O) groups is 3. The third-order valence-corrected chi connectivity index (χ3v) is 2.89. The molecule has 0 aliphatic carbocycles. The number of Topliss-reactive ketones (excluding diaryl/α,β-unsaturated/α-hetero) is 1. The fourth-order valence-electron chi connectivity index (χ4n) is 1.68. The molecule has 0 aliphatic rings. The van der Waals surface area contributed by atoms with Crippen LogP contribution in [0.2, 0.25) is 0 Å². The summed E-state index contributed by atoms with van der Waals surface area (Å²) < 4.78 is 4.43. The zero-order valence-electron chi connectivity index (χ0n) is 11.4. The number of carboxylic acids is 1. The van der Waals surface area contributed by atoms with Crippen molar-refractivity contribution < 1.29 is 24.2 Å². The second-order valence-corrected chi connectivity index (χ2v) is 4.26. The minimum Gasteiger partial charge on any atom is -0.480 e. The summed E-state index contributed by atoms with van der Waals surface area (Å²) in [5.74, 6) is -1.84. The number of ether oxygens (including phenoxy) is 1. The number of hydrogen-bond acceptors (Lipinski definition) is 5. The monoisotopic (exact) mass is 279 g/mol. The van der Waals surface area contributed by atoms with Crippen LogP contribution in [0.1, 0.15) is 22.3 Å². The van der Waals surface area contributed by atoms with Gasteiger partial charge in [-0.2, -0.15) is 0 Å². The lowest BCUT2D eigenvalue weighted by Gasteiger charge is -2.11. The molecular weight excluding hydrogens is 262 g/mol. The highest BCUT2D eigenvalue weighted by Crippen LogP contribution is 2.09. The maximum atomic E-state index is 11.7. The summed E-state index contributed by atoms with van der Waals surface area (Å²) in [6.45, 7) is 0. The highest BCUT2D eigenvalue weighted by Gasteiger charge is 2.16. The van der Waals surface area contributed by atoms with E-state index in [1.165, 1.54) is 7.11 Å². The Labute approximate surface area is 116 Å². The van der Waals surface area contributed by atoms with Crippen molar-refractivity contribution >= 4 is 17.7 Å². The molecule has 0 saturated heterocycles. The number of nitrogens with one attached hydrogen (secondary N) is 1.